The average molecular weight is 394 g/mol. The quantitative estimate of drug-likeness (QED) is 0.835. The van der Waals surface area contributed by atoms with Crippen LogP contribution in [0.1, 0.15) is 30.4 Å². The molecule has 2 aromatic carbocycles. The number of aryl methyl sites for hydroxylation is 1. The molecule has 29 heavy (non-hydrogen) atoms. The Morgan fingerprint density at radius 2 is 1.90 bits per heavy atom. The Morgan fingerprint density at radius 3 is 2.69 bits per heavy atom. The van der Waals surface area contributed by atoms with E-state index in [-0.39, 0.29) is 42.6 Å². The number of hydrogen-bond acceptors (Lipinski definition) is 4. The molecule has 0 spiro atoms. The summed E-state index contributed by atoms with van der Waals surface area (Å²) in [5.41, 5.74) is 2.19. The average Bonchev–Trinajstić information content (AvgIpc) is 2.71. The fraction of sp³-hybridized carbons (Fsp3) is 0.238. The zero-order valence-electron chi connectivity index (χ0n) is 15.6. The summed E-state index contributed by atoms with van der Waals surface area (Å²) in [6.45, 7) is 0.260. The van der Waals surface area contributed by atoms with Gasteiger partial charge in [-0.1, -0.05) is 30.3 Å². The predicted octanol–water partition coefficient (Wildman–Crippen LogP) is 2.83. The highest BCUT2D eigenvalue weighted by Crippen LogP contribution is 2.29. The van der Waals surface area contributed by atoms with Crippen molar-refractivity contribution in [2.24, 2.45) is 5.10 Å². The molecule has 148 valence electrons. The van der Waals surface area contributed by atoms with Crippen molar-refractivity contribution in [3.05, 3.63) is 59.4 Å². The number of nitrogens with one attached hydrogen (secondary N) is 2. The summed E-state index contributed by atoms with van der Waals surface area (Å²) in [6, 6.07) is 12.1. The summed E-state index contributed by atoms with van der Waals surface area (Å²) in [5, 5.41) is 10.6. The van der Waals surface area contributed by atoms with Gasteiger partial charge in [-0.2, -0.15) is 5.10 Å². The van der Waals surface area contributed by atoms with E-state index in [0.29, 0.717) is 24.1 Å². The SMILES string of the molecule is O=C1CCc2cc(F)c(NC(=O)C3=NN(Cc4ccccc4)C(=O)CC3)cc2N1. The van der Waals surface area contributed by atoms with Crippen molar-refractivity contribution in [3.63, 3.8) is 0 Å². The van der Waals surface area contributed by atoms with Gasteiger partial charge in [-0.15, -0.1) is 0 Å². The standard InChI is InChI=1S/C21H19FN4O3/c22-15-10-14-6-8-19(27)23-17(14)11-18(15)24-21(29)16-7-9-20(28)26(25-16)12-13-4-2-1-3-5-13/h1-5,10-11H,6-9,12H2,(H,23,27)(H,24,29). The van der Waals surface area contributed by atoms with Crippen molar-refractivity contribution in [1.29, 1.82) is 0 Å². The zero-order chi connectivity index (χ0) is 20.4. The van der Waals surface area contributed by atoms with E-state index in [9.17, 15) is 18.8 Å². The van der Waals surface area contributed by atoms with Gasteiger partial charge in [0.1, 0.15) is 11.5 Å². The van der Waals surface area contributed by atoms with Crippen LogP contribution in [0.5, 0.6) is 0 Å². The number of hydrogen-bond donors (Lipinski definition) is 2. The van der Waals surface area contributed by atoms with Gasteiger partial charge >= 0.3 is 0 Å². The molecule has 2 aliphatic rings. The Morgan fingerprint density at radius 1 is 1.10 bits per heavy atom. The maximum absolute atomic E-state index is 14.4. The molecule has 2 N–H and O–H groups in total. The highest BCUT2D eigenvalue weighted by Gasteiger charge is 2.26. The van der Waals surface area contributed by atoms with Gasteiger partial charge in [0.2, 0.25) is 11.8 Å². The number of nitrogens with zero attached hydrogens (tertiary/aromatic N) is 2. The molecule has 0 atom stereocenters. The van der Waals surface area contributed by atoms with Gasteiger partial charge in [0, 0.05) is 24.9 Å². The van der Waals surface area contributed by atoms with Crippen LogP contribution < -0.4 is 10.6 Å². The lowest BCUT2D eigenvalue weighted by Gasteiger charge is -2.23. The van der Waals surface area contributed by atoms with Crippen molar-refractivity contribution in [1.82, 2.24) is 5.01 Å². The van der Waals surface area contributed by atoms with Gasteiger partial charge in [-0.05, 0) is 29.7 Å². The molecule has 0 saturated heterocycles. The lowest BCUT2D eigenvalue weighted by Crippen LogP contribution is -2.36. The predicted molar refractivity (Wildman–Crippen MR) is 106 cm³/mol. The van der Waals surface area contributed by atoms with Crippen molar-refractivity contribution in [2.75, 3.05) is 10.6 Å². The minimum Gasteiger partial charge on any atom is -0.326 e. The molecule has 2 aliphatic heterocycles. The lowest BCUT2D eigenvalue weighted by molar-refractivity contribution is -0.132. The van der Waals surface area contributed by atoms with Gasteiger partial charge < -0.3 is 10.6 Å². The largest absolute Gasteiger partial charge is 0.326 e. The minimum atomic E-state index is -0.582. The minimum absolute atomic E-state index is 0.0369. The topological polar surface area (TPSA) is 90.9 Å². The van der Waals surface area contributed by atoms with Crippen LogP contribution in [-0.2, 0) is 27.3 Å². The fourth-order valence-electron chi connectivity index (χ4n) is 3.33. The van der Waals surface area contributed by atoms with E-state index in [0.717, 1.165) is 5.56 Å². The summed E-state index contributed by atoms with van der Waals surface area (Å²) in [4.78, 5) is 36.3. The molecular weight excluding hydrogens is 375 g/mol. The van der Waals surface area contributed by atoms with E-state index in [1.165, 1.54) is 17.1 Å². The van der Waals surface area contributed by atoms with Crippen LogP contribution in [0.25, 0.3) is 0 Å². The summed E-state index contributed by atoms with van der Waals surface area (Å²) < 4.78 is 14.4. The number of anilines is 2. The first-order chi connectivity index (χ1) is 14.0. The van der Waals surface area contributed by atoms with Crippen LogP contribution in [0.4, 0.5) is 15.8 Å². The normalized spacial score (nSPS) is 16.0. The second-order valence-corrected chi connectivity index (χ2v) is 6.98. The van der Waals surface area contributed by atoms with E-state index in [1.807, 2.05) is 30.3 Å². The molecule has 2 heterocycles. The highest BCUT2D eigenvalue weighted by molar-refractivity contribution is 6.43. The second kappa shape index (κ2) is 7.83. The smallest absolute Gasteiger partial charge is 0.271 e. The van der Waals surface area contributed by atoms with Crippen LogP contribution in [0.3, 0.4) is 0 Å². The Kier molecular flexibility index (Phi) is 5.07. The summed E-state index contributed by atoms with van der Waals surface area (Å²) in [7, 11) is 0. The molecule has 0 aliphatic carbocycles. The maximum Gasteiger partial charge on any atom is 0.271 e. The van der Waals surface area contributed by atoms with Crippen molar-refractivity contribution >= 4 is 34.8 Å². The van der Waals surface area contributed by atoms with E-state index in [1.54, 1.807) is 0 Å². The first-order valence-electron chi connectivity index (χ1n) is 9.35. The summed E-state index contributed by atoms with van der Waals surface area (Å²) in [5.74, 6) is -1.47. The molecule has 0 radical (unpaired) electrons. The number of halogens is 1. The first-order valence-corrected chi connectivity index (χ1v) is 9.35. The third-order valence-electron chi connectivity index (χ3n) is 4.88. The number of amides is 3. The van der Waals surface area contributed by atoms with Crippen LogP contribution in [0.15, 0.2) is 47.6 Å². The molecule has 0 bridgehead atoms. The monoisotopic (exact) mass is 394 g/mol. The van der Waals surface area contributed by atoms with Crippen LogP contribution in [0, 0.1) is 5.82 Å². The van der Waals surface area contributed by atoms with Crippen molar-refractivity contribution in [2.45, 2.75) is 32.2 Å². The summed E-state index contributed by atoms with van der Waals surface area (Å²) >= 11 is 0. The Balaban J connectivity index is 1.52. The number of hydrazone groups is 1. The van der Waals surface area contributed by atoms with Gasteiger partial charge in [0.25, 0.3) is 5.91 Å². The number of carbonyl (C=O) groups excluding carboxylic acids is 3. The lowest BCUT2D eigenvalue weighted by atomic mass is 10.0. The van der Waals surface area contributed by atoms with Crippen molar-refractivity contribution < 1.29 is 18.8 Å². The number of carbonyl (C=O) groups is 3. The second-order valence-electron chi connectivity index (χ2n) is 6.98. The maximum atomic E-state index is 14.4. The third-order valence-corrected chi connectivity index (χ3v) is 4.88. The fourth-order valence-corrected chi connectivity index (χ4v) is 3.33. The Labute approximate surface area is 166 Å². The van der Waals surface area contributed by atoms with Gasteiger partial charge in [-0.3, -0.25) is 14.4 Å². The van der Waals surface area contributed by atoms with Crippen molar-refractivity contribution in [3.8, 4) is 0 Å². The third kappa shape index (κ3) is 4.16. The van der Waals surface area contributed by atoms with Gasteiger partial charge in [0.05, 0.1) is 12.2 Å². The first kappa shape index (κ1) is 18.8. The molecular formula is C21H19FN4O3. The van der Waals surface area contributed by atoms with E-state index in [4.69, 9.17) is 0 Å². The Hall–Kier alpha value is -3.55. The van der Waals surface area contributed by atoms with Gasteiger partial charge in [0.15, 0.2) is 0 Å². The van der Waals surface area contributed by atoms with E-state index < -0.39 is 11.7 Å². The van der Waals surface area contributed by atoms with Crippen LogP contribution in [0.2, 0.25) is 0 Å². The van der Waals surface area contributed by atoms with E-state index >= 15 is 0 Å². The number of fused-ring (bicyclic) bond motifs is 1. The summed E-state index contributed by atoms with van der Waals surface area (Å²) in [6.07, 6.45) is 1.09. The molecule has 7 nitrogen and oxygen atoms in total. The van der Waals surface area contributed by atoms with Gasteiger partial charge in [-0.25, -0.2) is 9.40 Å². The number of benzene rings is 2. The molecule has 0 unspecified atom stereocenters. The molecule has 0 saturated carbocycles. The van der Waals surface area contributed by atoms with E-state index in [2.05, 4.69) is 15.7 Å². The Bertz CT molecular complexity index is 1020. The molecule has 3 amide bonds. The molecule has 0 aromatic heterocycles. The molecule has 8 heteroatoms. The highest BCUT2D eigenvalue weighted by atomic mass is 19.1. The molecule has 2 aromatic rings. The van der Waals surface area contributed by atoms with Crippen LogP contribution in [-0.4, -0.2) is 28.4 Å². The molecule has 0 fully saturated rings. The molecule has 4 rings (SSSR count). The van der Waals surface area contributed by atoms with Crippen LogP contribution >= 0.6 is 0 Å². The zero-order valence-corrected chi connectivity index (χ0v) is 15.6. The number of rotatable bonds is 4.